The number of carbonyl (C=O) groups is 1. The Kier molecular flexibility index (Phi) is 4.57. The Bertz CT molecular complexity index is 363. The van der Waals surface area contributed by atoms with Crippen molar-refractivity contribution in [2.45, 2.75) is 19.4 Å². The zero-order chi connectivity index (χ0) is 12.9. The van der Waals surface area contributed by atoms with Gasteiger partial charge >= 0.3 is 5.92 Å². The lowest BCUT2D eigenvalue weighted by Gasteiger charge is -2.25. The number of carbonyl (C=O) groups excluding carboxylic acids is 1. The fourth-order valence-electron chi connectivity index (χ4n) is 1.49. The molecule has 0 spiro atoms. The molecule has 94 valence electrons. The molecule has 1 amide bonds. The Hall–Kier alpha value is -1.49. The fourth-order valence-corrected chi connectivity index (χ4v) is 1.49. The Morgan fingerprint density at radius 2 is 1.94 bits per heavy atom. The van der Waals surface area contributed by atoms with Crippen LogP contribution in [0.25, 0.3) is 0 Å². The lowest BCUT2D eigenvalue weighted by molar-refractivity contribution is -0.155. The summed E-state index contributed by atoms with van der Waals surface area (Å²) in [6.07, 6.45) is 0. The molecule has 0 unspecified atom stereocenters. The first kappa shape index (κ1) is 13.6. The highest BCUT2D eigenvalue weighted by Gasteiger charge is 2.36. The van der Waals surface area contributed by atoms with Crippen molar-refractivity contribution in [2.24, 2.45) is 5.73 Å². The maximum atomic E-state index is 13.0. The van der Waals surface area contributed by atoms with Crippen molar-refractivity contribution in [3.63, 3.8) is 0 Å². The van der Waals surface area contributed by atoms with E-state index in [1.165, 1.54) is 0 Å². The summed E-state index contributed by atoms with van der Waals surface area (Å²) >= 11 is 0. The number of hydrogen-bond donors (Lipinski definition) is 1. The highest BCUT2D eigenvalue weighted by atomic mass is 19.3. The SMILES string of the molecule is CC(F)(F)C(=O)N(CCN)Cc1ccccc1. The van der Waals surface area contributed by atoms with Crippen molar-refractivity contribution in [3.8, 4) is 0 Å². The minimum Gasteiger partial charge on any atom is -0.332 e. The molecule has 5 heteroatoms. The van der Waals surface area contributed by atoms with Crippen molar-refractivity contribution in [2.75, 3.05) is 13.1 Å². The second kappa shape index (κ2) is 5.72. The number of nitrogens with two attached hydrogens (primary N) is 1. The van der Waals surface area contributed by atoms with E-state index in [4.69, 9.17) is 5.73 Å². The summed E-state index contributed by atoms with van der Waals surface area (Å²) in [4.78, 5) is 12.6. The van der Waals surface area contributed by atoms with Crippen LogP contribution in [0.1, 0.15) is 12.5 Å². The smallest absolute Gasteiger partial charge is 0.322 e. The average molecular weight is 242 g/mol. The number of halogens is 2. The summed E-state index contributed by atoms with van der Waals surface area (Å²) < 4.78 is 25.9. The standard InChI is InChI=1S/C12H16F2N2O/c1-12(13,14)11(17)16(8-7-15)9-10-5-3-2-4-6-10/h2-6H,7-9,15H2,1H3. The molecule has 0 atom stereocenters. The summed E-state index contributed by atoms with van der Waals surface area (Å²) in [6, 6.07) is 8.98. The van der Waals surface area contributed by atoms with E-state index in [2.05, 4.69) is 0 Å². The van der Waals surface area contributed by atoms with E-state index < -0.39 is 11.8 Å². The third-order valence-corrected chi connectivity index (χ3v) is 2.28. The van der Waals surface area contributed by atoms with Gasteiger partial charge in [0.2, 0.25) is 0 Å². The van der Waals surface area contributed by atoms with Gasteiger partial charge in [0.15, 0.2) is 0 Å². The summed E-state index contributed by atoms with van der Waals surface area (Å²) in [7, 11) is 0. The van der Waals surface area contributed by atoms with Crippen LogP contribution in [0.15, 0.2) is 30.3 Å². The minimum atomic E-state index is -3.36. The van der Waals surface area contributed by atoms with Crippen LogP contribution in [0.2, 0.25) is 0 Å². The number of rotatable bonds is 5. The quantitative estimate of drug-likeness (QED) is 0.853. The highest BCUT2D eigenvalue weighted by molar-refractivity contribution is 5.83. The van der Waals surface area contributed by atoms with Gasteiger partial charge in [0.25, 0.3) is 5.91 Å². The summed E-state index contributed by atoms with van der Waals surface area (Å²) in [6.45, 7) is 1.04. The van der Waals surface area contributed by atoms with E-state index in [1.54, 1.807) is 24.3 Å². The molecule has 1 aromatic rings. The number of alkyl halides is 2. The molecule has 0 aliphatic carbocycles. The lowest BCUT2D eigenvalue weighted by Crippen LogP contribution is -2.43. The third kappa shape index (κ3) is 4.11. The number of nitrogens with zero attached hydrogens (tertiary/aromatic N) is 1. The van der Waals surface area contributed by atoms with E-state index in [0.29, 0.717) is 6.92 Å². The predicted molar refractivity (Wildman–Crippen MR) is 61.5 cm³/mol. The van der Waals surface area contributed by atoms with Crippen LogP contribution in [0.4, 0.5) is 8.78 Å². The van der Waals surface area contributed by atoms with Crippen LogP contribution >= 0.6 is 0 Å². The number of amides is 1. The van der Waals surface area contributed by atoms with Gasteiger partial charge in [-0.1, -0.05) is 30.3 Å². The molecule has 0 bridgehead atoms. The largest absolute Gasteiger partial charge is 0.332 e. The fraction of sp³-hybridized carbons (Fsp3) is 0.417. The van der Waals surface area contributed by atoms with Crippen LogP contribution in [0.5, 0.6) is 0 Å². The van der Waals surface area contributed by atoms with E-state index >= 15 is 0 Å². The van der Waals surface area contributed by atoms with Crippen molar-refractivity contribution in [3.05, 3.63) is 35.9 Å². The molecule has 1 aromatic carbocycles. The molecule has 2 N–H and O–H groups in total. The molecule has 1 rings (SSSR count). The molecule has 0 heterocycles. The summed E-state index contributed by atoms with van der Waals surface area (Å²) in [5, 5.41) is 0. The Morgan fingerprint density at radius 1 is 1.35 bits per heavy atom. The van der Waals surface area contributed by atoms with Crippen LogP contribution in [-0.4, -0.2) is 29.8 Å². The molecular formula is C12H16F2N2O. The molecular weight excluding hydrogens is 226 g/mol. The van der Waals surface area contributed by atoms with E-state index in [-0.39, 0.29) is 19.6 Å². The molecule has 0 saturated carbocycles. The monoisotopic (exact) mass is 242 g/mol. The minimum absolute atomic E-state index is 0.122. The number of benzene rings is 1. The van der Waals surface area contributed by atoms with Gasteiger partial charge in [-0.15, -0.1) is 0 Å². The first-order valence-electron chi connectivity index (χ1n) is 5.36. The van der Waals surface area contributed by atoms with Crippen molar-refractivity contribution in [1.82, 2.24) is 4.90 Å². The van der Waals surface area contributed by atoms with Gasteiger partial charge in [-0.2, -0.15) is 8.78 Å². The van der Waals surface area contributed by atoms with Gasteiger partial charge in [-0.25, -0.2) is 0 Å². The van der Waals surface area contributed by atoms with Crippen molar-refractivity contribution >= 4 is 5.91 Å². The van der Waals surface area contributed by atoms with Gasteiger partial charge in [-0.3, -0.25) is 4.79 Å². The van der Waals surface area contributed by atoms with Crippen LogP contribution < -0.4 is 5.73 Å². The van der Waals surface area contributed by atoms with Gasteiger partial charge in [0, 0.05) is 26.6 Å². The second-order valence-corrected chi connectivity index (χ2v) is 3.89. The maximum absolute atomic E-state index is 13.0. The third-order valence-electron chi connectivity index (χ3n) is 2.28. The topological polar surface area (TPSA) is 46.3 Å². The van der Waals surface area contributed by atoms with Gasteiger partial charge in [-0.05, 0) is 5.56 Å². The zero-order valence-corrected chi connectivity index (χ0v) is 9.70. The van der Waals surface area contributed by atoms with Crippen LogP contribution in [0, 0.1) is 0 Å². The molecule has 0 aromatic heterocycles. The van der Waals surface area contributed by atoms with Crippen molar-refractivity contribution in [1.29, 1.82) is 0 Å². The van der Waals surface area contributed by atoms with Crippen molar-refractivity contribution < 1.29 is 13.6 Å². The molecule has 0 saturated heterocycles. The maximum Gasteiger partial charge on any atom is 0.322 e. The Balaban J connectivity index is 2.77. The van der Waals surface area contributed by atoms with Gasteiger partial charge < -0.3 is 10.6 Å². The second-order valence-electron chi connectivity index (χ2n) is 3.89. The lowest BCUT2D eigenvalue weighted by atomic mass is 10.2. The first-order chi connectivity index (χ1) is 7.95. The summed E-state index contributed by atoms with van der Waals surface area (Å²) in [5.74, 6) is -4.55. The number of hydrogen-bond acceptors (Lipinski definition) is 2. The summed E-state index contributed by atoms with van der Waals surface area (Å²) in [5.41, 5.74) is 6.13. The normalized spacial score (nSPS) is 11.3. The predicted octanol–water partition coefficient (Wildman–Crippen LogP) is 1.63. The molecule has 0 aliphatic rings. The Morgan fingerprint density at radius 3 is 2.41 bits per heavy atom. The van der Waals surface area contributed by atoms with E-state index in [9.17, 15) is 13.6 Å². The molecule has 3 nitrogen and oxygen atoms in total. The average Bonchev–Trinajstić information content (AvgIpc) is 2.28. The highest BCUT2D eigenvalue weighted by Crippen LogP contribution is 2.17. The molecule has 0 aliphatic heterocycles. The Labute approximate surface area is 99.2 Å². The van der Waals surface area contributed by atoms with Crippen LogP contribution in [-0.2, 0) is 11.3 Å². The van der Waals surface area contributed by atoms with Gasteiger partial charge in [0.1, 0.15) is 0 Å². The van der Waals surface area contributed by atoms with Crippen LogP contribution in [0.3, 0.4) is 0 Å². The zero-order valence-electron chi connectivity index (χ0n) is 9.70. The van der Waals surface area contributed by atoms with E-state index in [1.807, 2.05) is 6.07 Å². The van der Waals surface area contributed by atoms with E-state index in [0.717, 1.165) is 10.5 Å². The van der Waals surface area contributed by atoms with Gasteiger partial charge in [0.05, 0.1) is 0 Å². The first-order valence-corrected chi connectivity index (χ1v) is 5.36. The molecule has 0 radical (unpaired) electrons. The molecule has 17 heavy (non-hydrogen) atoms. The molecule has 0 fully saturated rings.